The highest BCUT2D eigenvalue weighted by Crippen LogP contribution is 1.84. The summed E-state index contributed by atoms with van der Waals surface area (Å²) in [6, 6.07) is 0. The van der Waals surface area contributed by atoms with Crippen LogP contribution in [0.5, 0.6) is 0 Å². The maximum atomic E-state index is 10.4. The summed E-state index contributed by atoms with van der Waals surface area (Å²) in [4.78, 5) is 10.4. The van der Waals surface area contributed by atoms with E-state index >= 15 is 0 Å². The lowest BCUT2D eigenvalue weighted by Gasteiger charge is -2.04. The Kier molecular flexibility index (Phi) is 8.34. The van der Waals surface area contributed by atoms with Gasteiger partial charge < -0.3 is 14.8 Å². The summed E-state index contributed by atoms with van der Waals surface area (Å²) in [7, 11) is 0. The van der Waals surface area contributed by atoms with Crippen molar-refractivity contribution in [1.29, 1.82) is 0 Å². The van der Waals surface area contributed by atoms with Crippen LogP contribution in [0.3, 0.4) is 0 Å². The molecule has 0 radical (unpaired) electrons. The Morgan fingerprint density at radius 1 is 1.46 bits per heavy atom. The first-order valence-electron chi connectivity index (χ1n) is 4.32. The van der Waals surface area contributed by atoms with Gasteiger partial charge in [-0.1, -0.05) is 6.58 Å². The zero-order valence-corrected chi connectivity index (χ0v) is 8.04. The standard InChI is InChI=1S/C9H17NO3/c1-3-12-6-4-7-13-8-5-10-9(2)11/h3H,1,4-8H2,2H3,(H,10,11). The molecule has 76 valence electrons. The van der Waals surface area contributed by atoms with Gasteiger partial charge in [-0.05, 0) is 0 Å². The van der Waals surface area contributed by atoms with E-state index in [2.05, 4.69) is 11.9 Å². The molecule has 0 atom stereocenters. The van der Waals surface area contributed by atoms with E-state index in [1.54, 1.807) is 0 Å². The van der Waals surface area contributed by atoms with Crippen molar-refractivity contribution in [2.24, 2.45) is 0 Å². The second-order valence-corrected chi connectivity index (χ2v) is 2.49. The van der Waals surface area contributed by atoms with Gasteiger partial charge in [0.2, 0.25) is 5.91 Å². The van der Waals surface area contributed by atoms with E-state index in [0.717, 1.165) is 6.42 Å². The van der Waals surface area contributed by atoms with E-state index in [1.165, 1.54) is 13.2 Å². The minimum Gasteiger partial charge on any atom is -0.502 e. The van der Waals surface area contributed by atoms with Crippen LogP contribution < -0.4 is 5.32 Å². The Labute approximate surface area is 78.9 Å². The third kappa shape index (κ3) is 11.0. The van der Waals surface area contributed by atoms with Crippen LogP contribution in [0, 0.1) is 0 Å². The van der Waals surface area contributed by atoms with Crippen LogP contribution in [0.4, 0.5) is 0 Å². The van der Waals surface area contributed by atoms with Crippen LogP contribution in [-0.2, 0) is 14.3 Å². The average molecular weight is 187 g/mol. The fourth-order valence-corrected chi connectivity index (χ4v) is 0.729. The van der Waals surface area contributed by atoms with E-state index in [9.17, 15) is 4.79 Å². The Balaban J connectivity index is 2.91. The summed E-state index contributed by atoms with van der Waals surface area (Å²) in [6.07, 6.45) is 2.25. The Morgan fingerprint density at radius 2 is 2.23 bits per heavy atom. The van der Waals surface area contributed by atoms with Crippen LogP contribution >= 0.6 is 0 Å². The van der Waals surface area contributed by atoms with Crippen molar-refractivity contribution >= 4 is 5.91 Å². The van der Waals surface area contributed by atoms with Crippen LogP contribution in [-0.4, -0.2) is 32.3 Å². The largest absolute Gasteiger partial charge is 0.502 e. The molecule has 0 heterocycles. The molecule has 0 aromatic carbocycles. The van der Waals surface area contributed by atoms with Crippen molar-refractivity contribution in [1.82, 2.24) is 5.32 Å². The molecule has 0 aliphatic carbocycles. The predicted octanol–water partition coefficient (Wildman–Crippen LogP) is 0.689. The summed E-state index contributed by atoms with van der Waals surface area (Å²) < 4.78 is 10.1. The maximum absolute atomic E-state index is 10.4. The van der Waals surface area contributed by atoms with Gasteiger partial charge in [0.25, 0.3) is 0 Å². The van der Waals surface area contributed by atoms with Gasteiger partial charge in [-0.2, -0.15) is 0 Å². The van der Waals surface area contributed by atoms with Gasteiger partial charge in [0.1, 0.15) is 0 Å². The first-order chi connectivity index (χ1) is 6.27. The lowest BCUT2D eigenvalue weighted by Crippen LogP contribution is -2.24. The van der Waals surface area contributed by atoms with Crippen LogP contribution in [0.1, 0.15) is 13.3 Å². The van der Waals surface area contributed by atoms with Crippen molar-refractivity contribution in [2.75, 3.05) is 26.4 Å². The fourth-order valence-electron chi connectivity index (χ4n) is 0.729. The summed E-state index contributed by atoms with van der Waals surface area (Å²) in [5.41, 5.74) is 0. The molecule has 0 saturated carbocycles. The molecule has 1 amide bonds. The van der Waals surface area contributed by atoms with E-state index in [0.29, 0.717) is 26.4 Å². The SMILES string of the molecule is C=COCCCOCCNC(C)=O. The van der Waals surface area contributed by atoms with Crippen molar-refractivity contribution in [3.05, 3.63) is 12.8 Å². The van der Waals surface area contributed by atoms with Crippen LogP contribution in [0.15, 0.2) is 12.8 Å². The highest BCUT2D eigenvalue weighted by molar-refractivity contribution is 5.72. The molecule has 0 bridgehead atoms. The van der Waals surface area contributed by atoms with Crippen LogP contribution in [0.2, 0.25) is 0 Å². The summed E-state index contributed by atoms with van der Waals surface area (Å²) in [6.45, 7) is 7.29. The van der Waals surface area contributed by atoms with E-state index in [4.69, 9.17) is 9.47 Å². The monoisotopic (exact) mass is 187 g/mol. The molecule has 4 nitrogen and oxygen atoms in total. The molecule has 1 N–H and O–H groups in total. The first-order valence-corrected chi connectivity index (χ1v) is 4.32. The van der Waals surface area contributed by atoms with Gasteiger partial charge in [-0.3, -0.25) is 4.79 Å². The Bertz CT molecular complexity index is 148. The number of rotatable bonds is 8. The number of carbonyl (C=O) groups is 1. The van der Waals surface area contributed by atoms with Gasteiger partial charge in [0, 0.05) is 26.5 Å². The Hall–Kier alpha value is -1.03. The third-order valence-corrected chi connectivity index (χ3v) is 1.29. The molecule has 0 aromatic heterocycles. The third-order valence-electron chi connectivity index (χ3n) is 1.29. The zero-order chi connectivity index (χ0) is 9.94. The second-order valence-electron chi connectivity index (χ2n) is 2.49. The maximum Gasteiger partial charge on any atom is 0.216 e. The van der Waals surface area contributed by atoms with E-state index in [1.807, 2.05) is 0 Å². The zero-order valence-electron chi connectivity index (χ0n) is 8.04. The number of nitrogens with one attached hydrogen (secondary N) is 1. The Morgan fingerprint density at radius 3 is 2.85 bits per heavy atom. The highest BCUT2D eigenvalue weighted by atomic mass is 16.5. The van der Waals surface area contributed by atoms with Gasteiger partial charge in [-0.15, -0.1) is 0 Å². The van der Waals surface area contributed by atoms with Gasteiger partial charge in [-0.25, -0.2) is 0 Å². The second kappa shape index (κ2) is 9.06. The molecular weight excluding hydrogens is 170 g/mol. The van der Waals surface area contributed by atoms with Crippen molar-refractivity contribution in [3.8, 4) is 0 Å². The van der Waals surface area contributed by atoms with Crippen LogP contribution in [0.25, 0.3) is 0 Å². The lowest BCUT2D eigenvalue weighted by atomic mass is 10.5. The first kappa shape index (κ1) is 12.0. The van der Waals surface area contributed by atoms with Crippen molar-refractivity contribution in [3.63, 3.8) is 0 Å². The number of hydrogen-bond donors (Lipinski definition) is 1. The van der Waals surface area contributed by atoms with Gasteiger partial charge in [0.05, 0.1) is 19.5 Å². The highest BCUT2D eigenvalue weighted by Gasteiger charge is 1.91. The smallest absolute Gasteiger partial charge is 0.216 e. The minimum atomic E-state index is -0.0291. The number of amides is 1. The molecule has 4 heteroatoms. The molecule has 0 aliphatic heterocycles. The minimum absolute atomic E-state index is 0.0291. The van der Waals surface area contributed by atoms with E-state index in [-0.39, 0.29) is 5.91 Å². The molecule has 0 spiro atoms. The van der Waals surface area contributed by atoms with Gasteiger partial charge in [0.15, 0.2) is 0 Å². The summed E-state index contributed by atoms with van der Waals surface area (Å²) >= 11 is 0. The number of carbonyl (C=O) groups excluding carboxylic acids is 1. The molecule has 0 fully saturated rings. The molecule has 0 saturated heterocycles. The van der Waals surface area contributed by atoms with Crippen molar-refractivity contribution < 1.29 is 14.3 Å². The molecule has 13 heavy (non-hydrogen) atoms. The molecule has 0 rings (SSSR count). The number of hydrogen-bond acceptors (Lipinski definition) is 3. The quantitative estimate of drug-likeness (QED) is 0.449. The fraction of sp³-hybridized carbons (Fsp3) is 0.667. The summed E-state index contributed by atoms with van der Waals surface area (Å²) in [5, 5.41) is 2.64. The van der Waals surface area contributed by atoms with Gasteiger partial charge >= 0.3 is 0 Å². The topological polar surface area (TPSA) is 47.6 Å². The molecule has 0 aliphatic rings. The molecule has 0 unspecified atom stereocenters. The molecular formula is C9H17NO3. The number of ether oxygens (including phenoxy) is 2. The van der Waals surface area contributed by atoms with E-state index < -0.39 is 0 Å². The average Bonchev–Trinajstić information content (AvgIpc) is 2.09. The van der Waals surface area contributed by atoms with Crippen molar-refractivity contribution in [2.45, 2.75) is 13.3 Å². The normalized spacial score (nSPS) is 9.31. The lowest BCUT2D eigenvalue weighted by molar-refractivity contribution is -0.119. The predicted molar refractivity (Wildman–Crippen MR) is 50.3 cm³/mol. The summed E-state index contributed by atoms with van der Waals surface area (Å²) in [5.74, 6) is -0.0291. The molecule has 0 aromatic rings.